The van der Waals surface area contributed by atoms with Gasteiger partial charge in [0, 0.05) is 6.04 Å². The smallest absolute Gasteiger partial charge is 0.224 e. The molecule has 1 aromatic carbocycles. The quantitative estimate of drug-likeness (QED) is 0.908. The van der Waals surface area contributed by atoms with Gasteiger partial charge in [-0.25, -0.2) is 4.68 Å². The molecule has 104 valence electrons. The molecule has 1 amide bonds. The van der Waals surface area contributed by atoms with Gasteiger partial charge in [0.05, 0.1) is 12.1 Å². The lowest BCUT2D eigenvalue weighted by Crippen LogP contribution is -2.33. The maximum Gasteiger partial charge on any atom is 0.224 e. The average molecular weight is 271 g/mol. The number of nitrogens with one attached hydrogen (secondary N) is 1. The standard InChI is InChI=1S/C14H17N5O/c20-14(16-12-3-1-2-4-12)9-11-5-7-13(8-6-11)19-10-15-17-18-19/h5-8,10,12H,1-4,9H2,(H,16,20). The van der Waals surface area contributed by atoms with Crippen molar-refractivity contribution in [1.82, 2.24) is 25.5 Å². The number of rotatable bonds is 4. The number of aromatic nitrogens is 4. The summed E-state index contributed by atoms with van der Waals surface area (Å²) in [6.45, 7) is 0. The molecule has 0 saturated heterocycles. The van der Waals surface area contributed by atoms with Crippen molar-refractivity contribution in [2.24, 2.45) is 0 Å². The van der Waals surface area contributed by atoms with Crippen LogP contribution in [0.2, 0.25) is 0 Å². The number of carbonyl (C=O) groups is 1. The van der Waals surface area contributed by atoms with Crippen LogP contribution in [0.4, 0.5) is 0 Å². The van der Waals surface area contributed by atoms with Crippen LogP contribution in [-0.4, -0.2) is 32.2 Å². The van der Waals surface area contributed by atoms with Crippen molar-refractivity contribution in [1.29, 1.82) is 0 Å². The van der Waals surface area contributed by atoms with Crippen LogP contribution in [-0.2, 0) is 11.2 Å². The summed E-state index contributed by atoms with van der Waals surface area (Å²) in [7, 11) is 0. The molecule has 6 heteroatoms. The van der Waals surface area contributed by atoms with Gasteiger partial charge in [0.15, 0.2) is 0 Å². The molecule has 1 aliphatic carbocycles. The summed E-state index contributed by atoms with van der Waals surface area (Å²) in [5, 5.41) is 14.1. The summed E-state index contributed by atoms with van der Waals surface area (Å²) in [4.78, 5) is 11.9. The van der Waals surface area contributed by atoms with Gasteiger partial charge in [0.2, 0.25) is 5.91 Å². The van der Waals surface area contributed by atoms with Gasteiger partial charge in [0.1, 0.15) is 6.33 Å². The average Bonchev–Trinajstić information content (AvgIpc) is 3.12. The summed E-state index contributed by atoms with van der Waals surface area (Å²) in [6, 6.07) is 8.07. The van der Waals surface area contributed by atoms with Crippen LogP contribution in [0.25, 0.3) is 5.69 Å². The minimum atomic E-state index is 0.104. The van der Waals surface area contributed by atoms with Gasteiger partial charge in [-0.05, 0) is 41.0 Å². The van der Waals surface area contributed by atoms with Gasteiger partial charge >= 0.3 is 0 Å². The predicted molar refractivity (Wildman–Crippen MR) is 73.3 cm³/mol. The first-order valence-electron chi connectivity index (χ1n) is 6.93. The van der Waals surface area contributed by atoms with Gasteiger partial charge in [0.25, 0.3) is 0 Å². The van der Waals surface area contributed by atoms with Crippen molar-refractivity contribution in [2.75, 3.05) is 0 Å². The topological polar surface area (TPSA) is 72.7 Å². The zero-order valence-corrected chi connectivity index (χ0v) is 11.2. The molecule has 3 rings (SSSR count). The van der Waals surface area contributed by atoms with Crippen molar-refractivity contribution >= 4 is 5.91 Å². The zero-order valence-electron chi connectivity index (χ0n) is 11.2. The van der Waals surface area contributed by atoms with Crippen molar-refractivity contribution in [3.8, 4) is 5.69 Å². The monoisotopic (exact) mass is 271 g/mol. The molecule has 0 unspecified atom stereocenters. The molecule has 1 aliphatic rings. The molecular weight excluding hydrogens is 254 g/mol. The Balaban J connectivity index is 1.59. The predicted octanol–water partition coefficient (Wildman–Crippen LogP) is 1.26. The van der Waals surface area contributed by atoms with E-state index in [4.69, 9.17) is 0 Å². The lowest BCUT2D eigenvalue weighted by atomic mass is 10.1. The van der Waals surface area contributed by atoms with E-state index in [9.17, 15) is 4.79 Å². The fourth-order valence-corrected chi connectivity index (χ4v) is 2.58. The molecule has 0 radical (unpaired) electrons. The SMILES string of the molecule is O=C(Cc1ccc(-n2cnnn2)cc1)NC1CCCC1. The molecule has 20 heavy (non-hydrogen) atoms. The van der Waals surface area contributed by atoms with Crippen LogP contribution in [0, 0.1) is 0 Å². The Bertz CT molecular complexity index is 558. The first-order valence-corrected chi connectivity index (χ1v) is 6.93. The van der Waals surface area contributed by atoms with Gasteiger partial charge in [-0.2, -0.15) is 0 Å². The van der Waals surface area contributed by atoms with Crippen LogP contribution in [0.15, 0.2) is 30.6 Å². The number of nitrogens with zero attached hydrogens (tertiary/aromatic N) is 4. The van der Waals surface area contributed by atoms with E-state index in [2.05, 4.69) is 20.8 Å². The van der Waals surface area contributed by atoms with E-state index in [1.807, 2.05) is 24.3 Å². The molecule has 0 bridgehead atoms. The number of hydrogen-bond donors (Lipinski definition) is 1. The number of carbonyl (C=O) groups excluding carboxylic acids is 1. The summed E-state index contributed by atoms with van der Waals surface area (Å²) in [6.07, 6.45) is 6.65. The number of tetrazole rings is 1. The summed E-state index contributed by atoms with van der Waals surface area (Å²) in [5.74, 6) is 0.104. The Morgan fingerprint density at radius 2 is 2.00 bits per heavy atom. The normalized spacial score (nSPS) is 15.4. The molecule has 1 heterocycles. The largest absolute Gasteiger partial charge is 0.353 e. The maximum absolute atomic E-state index is 11.9. The minimum absolute atomic E-state index is 0.104. The fourth-order valence-electron chi connectivity index (χ4n) is 2.58. The zero-order chi connectivity index (χ0) is 13.8. The summed E-state index contributed by atoms with van der Waals surface area (Å²) in [5.41, 5.74) is 1.88. The lowest BCUT2D eigenvalue weighted by Gasteiger charge is -2.11. The molecule has 1 aromatic heterocycles. The van der Waals surface area contributed by atoms with Crippen molar-refractivity contribution in [3.05, 3.63) is 36.2 Å². The van der Waals surface area contributed by atoms with Crippen molar-refractivity contribution in [3.63, 3.8) is 0 Å². The lowest BCUT2D eigenvalue weighted by molar-refractivity contribution is -0.121. The molecule has 1 N–H and O–H groups in total. The Hall–Kier alpha value is -2.24. The molecule has 0 atom stereocenters. The van der Waals surface area contributed by atoms with Crippen LogP contribution < -0.4 is 5.32 Å². The summed E-state index contributed by atoms with van der Waals surface area (Å²) < 4.78 is 1.59. The highest BCUT2D eigenvalue weighted by molar-refractivity contribution is 5.78. The highest BCUT2D eigenvalue weighted by atomic mass is 16.1. The first kappa shape index (κ1) is 12.8. The second-order valence-electron chi connectivity index (χ2n) is 5.15. The molecule has 1 saturated carbocycles. The first-order chi connectivity index (χ1) is 9.81. The number of benzene rings is 1. The van der Waals surface area contributed by atoms with Gasteiger partial charge in [-0.3, -0.25) is 4.79 Å². The van der Waals surface area contributed by atoms with Gasteiger partial charge in [-0.1, -0.05) is 25.0 Å². The van der Waals surface area contributed by atoms with Crippen molar-refractivity contribution in [2.45, 2.75) is 38.1 Å². The molecule has 0 spiro atoms. The van der Waals surface area contributed by atoms with E-state index >= 15 is 0 Å². The van der Waals surface area contributed by atoms with E-state index in [0.717, 1.165) is 24.1 Å². The van der Waals surface area contributed by atoms with Gasteiger partial charge < -0.3 is 5.32 Å². The van der Waals surface area contributed by atoms with Crippen LogP contribution in [0.3, 0.4) is 0 Å². The van der Waals surface area contributed by atoms with Gasteiger partial charge in [-0.15, -0.1) is 5.10 Å². The van der Waals surface area contributed by atoms with E-state index in [1.54, 1.807) is 11.0 Å². The van der Waals surface area contributed by atoms with Crippen LogP contribution in [0.5, 0.6) is 0 Å². The molecular formula is C14H17N5O. The Morgan fingerprint density at radius 1 is 1.25 bits per heavy atom. The fraction of sp³-hybridized carbons (Fsp3) is 0.429. The highest BCUT2D eigenvalue weighted by Gasteiger charge is 2.16. The van der Waals surface area contributed by atoms with Crippen molar-refractivity contribution < 1.29 is 4.79 Å². The van der Waals surface area contributed by atoms with E-state index in [0.29, 0.717) is 12.5 Å². The van der Waals surface area contributed by atoms with E-state index < -0.39 is 0 Å². The second-order valence-corrected chi connectivity index (χ2v) is 5.15. The summed E-state index contributed by atoms with van der Waals surface area (Å²) >= 11 is 0. The Morgan fingerprint density at radius 3 is 2.65 bits per heavy atom. The molecule has 1 fully saturated rings. The number of hydrogen-bond acceptors (Lipinski definition) is 4. The number of amides is 1. The Kier molecular flexibility index (Phi) is 3.71. The highest BCUT2D eigenvalue weighted by Crippen LogP contribution is 2.17. The Labute approximate surface area is 117 Å². The maximum atomic E-state index is 11.9. The van der Waals surface area contributed by atoms with E-state index in [-0.39, 0.29) is 5.91 Å². The molecule has 2 aromatic rings. The third-order valence-corrected chi connectivity index (χ3v) is 3.63. The van der Waals surface area contributed by atoms with Crippen LogP contribution >= 0.6 is 0 Å². The van der Waals surface area contributed by atoms with E-state index in [1.165, 1.54) is 12.8 Å². The third kappa shape index (κ3) is 3.01. The second kappa shape index (κ2) is 5.81. The third-order valence-electron chi connectivity index (χ3n) is 3.63. The molecule has 6 nitrogen and oxygen atoms in total. The molecule has 0 aliphatic heterocycles. The minimum Gasteiger partial charge on any atom is -0.353 e. The van der Waals surface area contributed by atoms with Crippen LogP contribution in [0.1, 0.15) is 31.2 Å².